The molecule has 0 amide bonds. The summed E-state index contributed by atoms with van der Waals surface area (Å²) in [6.45, 7) is 0. The van der Waals surface area contributed by atoms with Gasteiger partial charge in [-0.15, -0.1) is 0 Å². The van der Waals surface area contributed by atoms with E-state index in [1.807, 2.05) is 0 Å². The van der Waals surface area contributed by atoms with Crippen molar-refractivity contribution in [3.63, 3.8) is 0 Å². The summed E-state index contributed by atoms with van der Waals surface area (Å²) < 4.78 is 10.2. The first-order chi connectivity index (χ1) is 11.6. The molecule has 2 saturated carbocycles. The van der Waals surface area contributed by atoms with Gasteiger partial charge in [-0.25, -0.2) is 9.59 Å². The lowest BCUT2D eigenvalue weighted by atomic mass is 9.68. The fourth-order valence-corrected chi connectivity index (χ4v) is 7.09. The van der Waals surface area contributed by atoms with Crippen molar-refractivity contribution in [2.75, 3.05) is 14.2 Å². The average Bonchev–Trinajstić information content (AvgIpc) is 3.40. The summed E-state index contributed by atoms with van der Waals surface area (Å²) in [7, 11) is 2.85. The maximum Gasteiger partial charge on any atom is 0.334 e. The Labute approximate surface area is 142 Å². The minimum absolute atomic E-state index is 0.0684. The van der Waals surface area contributed by atoms with Crippen LogP contribution in [0.15, 0.2) is 22.3 Å². The molecule has 2 fully saturated rings. The van der Waals surface area contributed by atoms with Gasteiger partial charge >= 0.3 is 11.9 Å². The third-order valence-corrected chi connectivity index (χ3v) is 7.63. The van der Waals surface area contributed by atoms with Crippen LogP contribution in [0.25, 0.3) is 0 Å². The zero-order chi connectivity index (χ0) is 16.6. The van der Waals surface area contributed by atoms with Gasteiger partial charge in [-0.2, -0.15) is 0 Å². The fourth-order valence-electron chi connectivity index (χ4n) is 7.09. The molecule has 0 saturated heterocycles. The van der Waals surface area contributed by atoms with E-state index in [4.69, 9.17) is 9.47 Å². The first kappa shape index (κ1) is 14.7. The van der Waals surface area contributed by atoms with Crippen molar-refractivity contribution in [3.8, 4) is 0 Å². The molecule has 4 nitrogen and oxygen atoms in total. The molecule has 4 unspecified atom stereocenters. The lowest BCUT2D eigenvalue weighted by Gasteiger charge is -2.34. The smallest absolute Gasteiger partial charge is 0.334 e. The first-order valence-electron chi connectivity index (χ1n) is 9.28. The second-order valence-corrected chi connectivity index (χ2v) is 8.23. The summed E-state index contributed by atoms with van der Waals surface area (Å²) in [5, 5.41) is 0. The molecular weight excluding hydrogens is 304 g/mol. The van der Waals surface area contributed by atoms with Crippen molar-refractivity contribution >= 4 is 11.9 Å². The maximum atomic E-state index is 12.7. The molecule has 1 spiro atoms. The summed E-state index contributed by atoms with van der Waals surface area (Å²) in [6.07, 6.45) is 8.38. The van der Waals surface area contributed by atoms with Crippen molar-refractivity contribution in [1.29, 1.82) is 0 Å². The predicted molar refractivity (Wildman–Crippen MR) is 86.8 cm³/mol. The second-order valence-electron chi connectivity index (χ2n) is 8.23. The Morgan fingerprint density at radius 2 is 1.33 bits per heavy atom. The number of carbonyl (C=O) groups excluding carboxylic acids is 2. The molecule has 0 aromatic heterocycles. The summed E-state index contributed by atoms with van der Waals surface area (Å²) >= 11 is 0. The Hall–Kier alpha value is -1.58. The van der Waals surface area contributed by atoms with Gasteiger partial charge in [0.05, 0.1) is 25.4 Å². The standard InChI is InChI=1S/C20H24O4/c1-23-18(21)14-15(19(22)24-2)17-13-11-6-5-10(9-11)12(13)16(14)20(17)7-3-4-8-20/h10-11,16-17H,3-9H2,1-2H3. The van der Waals surface area contributed by atoms with E-state index in [1.165, 1.54) is 57.5 Å². The highest BCUT2D eigenvalue weighted by Gasteiger charge is 2.69. The number of methoxy groups -OCH3 is 2. The molecule has 128 valence electrons. The summed E-state index contributed by atoms with van der Waals surface area (Å²) in [5.74, 6) is 0.883. The third kappa shape index (κ3) is 1.47. The Morgan fingerprint density at radius 1 is 0.875 bits per heavy atom. The lowest BCUT2D eigenvalue weighted by Crippen LogP contribution is -2.30. The molecule has 0 N–H and O–H groups in total. The van der Waals surface area contributed by atoms with Gasteiger partial charge in [0.25, 0.3) is 0 Å². The molecule has 0 aromatic carbocycles. The largest absolute Gasteiger partial charge is 0.466 e. The molecular formula is C20H24O4. The van der Waals surface area contributed by atoms with Gasteiger partial charge in [-0.05, 0) is 49.4 Å². The number of carbonyl (C=O) groups is 2. The van der Waals surface area contributed by atoms with Crippen LogP contribution in [-0.4, -0.2) is 26.2 Å². The number of rotatable bonds is 2. The number of hydrogen-bond acceptors (Lipinski definition) is 4. The number of esters is 2. The van der Waals surface area contributed by atoms with E-state index in [0.29, 0.717) is 23.0 Å². The molecule has 5 aliphatic rings. The third-order valence-electron chi connectivity index (χ3n) is 7.63. The topological polar surface area (TPSA) is 52.6 Å². The summed E-state index contributed by atoms with van der Waals surface area (Å²) in [6, 6.07) is 0. The lowest BCUT2D eigenvalue weighted by molar-refractivity contribution is -0.139. The average molecular weight is 328 g/mol. The summed E-state index contributed by atoms with van der Waals surface area (Å²) in [4.78, 5) is 25.3. The number of ether oxygens (including phenoxy) is 2. The van der Waals surface area contributed by atoms with Crippen LogP contribution in [0.1, 0.15) is 44.9 Å². The minimum atomic E-state index is -0.316. The van der Waals surface area contributed by atoms with Gasteiger partial charge in [-0.1, -0.05) is 24.0 Å². The normalized spacial score (nSPS) is 37.6. The van der Waals surface area contributed by atoms with Crippen LogP contribution in [0.3, 0.4) is 0 Å². The van der Waals surface area contributed by atoms with Gasteiger partial charge < -0.3 is 9.47 Å². The van der Waals surface area contributed by atoms with Crippen molar-refractivity contribution < 1.29 is 19.1 Å². The van der Waals surface area contributed by atoms with E-state index in [2.05, 4.69) is 0 Å². The minimum Gasteiger partial charge on any atom is -0.466 e. The van der Waals surface area contributed by atoms with E-state index in [9.17, 15) is 9.59 Å². The van der Waals surface area contributed by atoms with Gasteiger partial charge in [-0.3, -0.25) is 0 Å². The SMILES string of the molecule is COC(=O)C1=C(C(=O)OC)C2C3=C(C4CCC3C4)C1C21CCCC1. The van der Waals surface area contributed by atoms with Crippen LogP contribution in [0, 0.1) is 29.1 Å². The molecule has 24 heavy (non-hydrogen) atoms. The van der Waals surface area contributed by atoms with E-state index < -0.39 is 0 Å². The highest BCUT2D eigenvalue weighted by molar-refractivity contribution is 6.04. The molecule has 4 heteroatoms. The molecule has 5 aliphatic carbocycles. The summed E-state index contributed by atoms with van der Waals surface area (Å²) in [5.41, 5.74) is 4.42. The van der Waals surface area contributed by atoms with Crippen LogP contribution < -0.4 is 0 Å². The monoisotopic (exact) mass is 328 g/mol. The number of allylic oxidation sites excluding steroid dienone is 2. The van der Waals surface area contributed by atoms with Crippen molar-refractivity contribution in [2.24, 2.45) is 29.1 Å². The zero-order valence-electron chi connectivity index (χ0n) is 14.4. The fraction of sp³-hybridized carbons (Fsp3) is 0.700. The quantitative estimate of drug-likeness (QED) is 0.577. The molecule has 4 bridgehead atoms. The van der Waals surface area contributed by atoms with Crippen LogP contribution in [0.4, 0.5) is 0 Å². The Bertz CT molecular complexity index is 655. The number of fused-ring (bicyclic) bond motifs is 6. The van der Waals surface area contributed by atoms with Gasteiger partial charge in [0, 0.05) is 11.8 Å². The predicted octanol–water partition coefficient (Wildman–Crippen LogP) is 3.18. The van der Waals surface area contributed by atoms with E-state index in [-0.39, 0.29) is 29.2 Å². The van der Waals surface area contributed by atoms with Gasteiger partial charge in [0.15, 0.2) is 0 Å². The van der Waals surface area contributed by atoms with Crippen molar-refractivity contribution in [2.45, 2.75) is 44.9 Å². The molecule has 4 atom stereocenters. The highest BCUT2D eigenvalue weighted by Crippen LogP contribution is 2.75. The maximum absolute atomic E-state index is 12.7. The van der Waals surface area contributed by atoms with E-state index >= 15 is 0 Å². The molecule has 0 aliphatic heterocycles. The second kappa shape index (κ2) is 4.74. The van der Waals surface area contributed by atoms with Gasteiger partial charge in [0.2, 0.25) is 0 Å². The molecule has 0 aromatic rings. The Kier molecular flexibility index (Phi) is 2.91. The highest BCUT2D eigenvalue weighted by atomic mass is 16.5. The number of hydrogen-bond donors (Lipinski definition) is 0. The van der Waals surface area contributed by atoms with Crippen LogP contribution in [0.5, 0.6) is 0 Å². The first-order valence-corrected chi connectivity index (χ1v) is 9.28. The van der Waals surface area contributed by atoms with Crippen molar-refractivity contribution in [3.05, 3.63) is 22.3 Å². The van der Waals surface area contributed by atoms with Crippen molar-refractivity contribution in [1.82, 2.24) is 0 Å². The van der Waals surface area contributed by atoms with Crippen LogP contribution >= 0.6 is 0 Å². The Balaban J connectivity index is 1.72. The van der Waals surface area contributed by atoms with Crippen LogP contribution in [0.2, 0.25) is 0 Å². The zero-order valence-corrected chi connectivity index (χ0v) is 14.4. The molecule has 0 radical (unpaired) electrons. The van der Waals surface area contributed by atoms with E-state index in [1.54, 1.807) is 0 Å². The van der Waals surface area contributed by atoms with Crippen LogP contribution in [-0.2, 0) is 19.1 Å². The van der Waals surface area contributed by atoms with Gasteiger partial charge in [0.1, 0.15) is 0 Å². The Morgan fingerprint density at radius 3 is 1.75 bits per heavy atom. The molecule has 0 heterocycles. The van der Waals surface area contributed by atoms with E-state index in [0.717, 1.165) is 12.8 Å². The molecule has 5 rings (SSSR count).